The second-order valence-electron chi connectivity index (χ2n) is 10.00. The zero-order chi connectivity index (χ0) is 26.4. The zero-order valence-electron chi connectivity index (χ0n) is 21.7. The topological polar surface area (TPSA) is 56.4 Å². The summed E-state index contributed by atoms with van der Waals surface area (Å²) in [7, 11) is 0. The number of carbonyl (C=O) groups is 2. The monoisotopic (exact) mass is 515 g/mol. The molecule has 0 aliphatic carbocycles. The third kappa shape index (κ3) is 7.01. The Bertz CT molecular complexity index is 1340. The molecule has 1 N–H and O–H groups in total. The summed E-state index contributed by atoms with van der Waals surface area (Å²) in [5.74, 6) is -0.00479. The van der Waals surface area contributed by atoms with Crippen molar-refractivity contribution in [3.63, 3.8) is 0 Å². The highest BCUT2D eigenvalue weighted by Crippen LogP contribution is 2.19. The van der Waals surface area contributed by atoms with Crippen LogP contribution in [-0.4, -0.2) is 46.2 Å². The van der Waals surface area contributed by atoms with Crippen molar-refractivity contribution in [3.05, 3.63) is 106 Å². The van der Waals surface area contributed by atoms with E-state index in [1.165, 1.54) is 16.5 Å². The number of nitrogens with one attached hydrogen (secondary N) is 1. The van der Waals surface area contributed by atoms with Crippen LogP contribution in [0.15, 0.2) is 79.0 Å². The molecule has 192 valence electrons. The maximum atomic E-state index is 13.7. The number of rotatable bonds is 10. The summed E-state index contributed by atoms with van der Waals surface area (Å²) in [4.78, 5) is 33.9. The minimum atomic E-state index is -0.161. The van der Waals surface area contributed by atoms with Gasteiger partial charge in [-0.1, -0.05) is 73.5 Å². The van der Waals surface area contributed by atoms with Crippen LogP contribution >= 0.6 is 11.6 Å². The van der Waals surface area contributed by atoms with Gasteiger partial charge in [-0.15, -0.1) is 0 Å². The number of benzene rings is 3. The molecule has 0 saturated carbocycles. The van der Waals surface area contributed by atoms with Crippen molar-refractivity contribution in [2.75, 3.05) is 19.6 Å². The predicted octanol–water partition coefficient (Wildman–Crippen LogP) is 6.50. The number of carbonyl (C=O) groups excluding carboxylic acids is 2. The predicted molar refractivity (Wildman–Crippen MR) is 151 cm³/mol. The average Bonchev–Trinajstić information content (AvgIpc) is 3.30. The number of aromatic nitrogens is 1. The number of H-pyrrole nitrogens is 1. The van der Waals surface area contributed by atoms with E-state index in [0.717, 1.165) is 17.5 Å². The maximum absolute atomic E-state index is 13.7. The fourth-order valence-electron chi connectivity index (χ4n) is 4.50. The summed E-state index contributed by atoms with van der Waals surface area (Å²) in [6.07, 6.45) is 2.74. The molecule has 4 aromatic rings. The van der Waals surface area contributed by atoms with Crippen molar-refractivity contribution in [2.24, 2.45) is 5.92 Å². The number of hydrogen-bond acceptors (Lipinski definition) is 2. The molecule has 0 aliphatic heterocycles. The molecule has 0 bridgehead atoms. The molecule has 0 atom stereocenters. The molecule has 0 aliphatic rings. The molecule has 2 amide bonds. The highest BCUT2D eigenvalue weighted by Gasteiger charge is 2.23. The molecule has 0 unspecified atom stereocenters. The van der Waals surface area contributed by atoms with Gasteiger partial charge in [0, 0.05) is 47.3 Å². The summed E-state index contributed by atoms with van der Waals surface area (Å²) >= 11 is 6.02. The minimum Gasteiger partial charge on any atom is -0.361 e. The van der Waals surface area contributed by atoms with E-state index in [2.05, 4.69) is 48.3 Å². The van der Waals surface area contributed by atoms with Crippen LogP contribution in [0.2, 0.25) is 5.02 Å². The van der Waals surface area contributed by atoms with Crippen LogP contribution in [0.4, 0.5) is 0 Å². The quantitative estimate of drug-likeness (QED) is 0.262. The van der Waals surface area contributed by atoms with Crippen LogP contribution in [0.25, 0.3) is 10.9 Å². The molecule has 0 radical (unpaired) electrons. The molecule has 0 saturated heterocycles. The molecule has 6 heteroatoms. The van der Waals surface area contributed by atoms with Crippen LogP contribution in [0, 0.1) is 12.8 Å². The smallest absolute Gasteiger partial charge is 0.254 e. The molecule has 0 spiro atoms. The summed E-state index contributed by atoms with van der Waals surface area (Å²) in [5, 5.41) is 1.74. The number of nitrogens with zero attached hydrogens (tertiary/aromatic N) is 2. The first-order valence-electron chi connectivity index (χ1n) is 12.7. The van der Waals surface area contributed by atoms with Crippen LogP contribution in [0.3, 0.4) is 0 Å². The van der Waals surface area contributed by atoms with E-state index in [1.807, 2.05) is 37.1 Å². The van der Waals surface area contributed by atoms with Crippen LogP contribution in [-0.2, 0) is 17.8 Å². The molecule has 0 fully saturated rings. The zero-order valence-corrected chi connectivity index (χ0v) is 22.5. The summed E-state index contributed by atoms with van der Waals surface area (Å²) in [6, 6.07) is 23.3. The van der Waals surface area contributed by atoms with Crippen molar-refractivity contribution in [1.82, 2.24) is 14.8 Å². The Balaban J connectivity index is 1.55. The maximum Gasteiger partial charge on any atom is 0.254 e. The number of aromatic amines is 1. The van der Waals surface area contributed by atoms with Gasteiger partial charge in [-0.05, 0) is 60.7 Å². The Kier molecular flexibility index (Phi) is 8.67. The van der Waals surface area contributed by atoms with Crippen molar-refractivity contribution < 1.29 is 9.59 Å². The second kappa shape index (κ2) is 12.1. The van der Waals surface area contributed by atoms with Crippen molar-refractivity contribution in [1.29, 1.82) is 0 Å². The largest absolute Gasteiger partial charge is 0.361 e. The molecular formula is C31H34ClN3O2. The molecule has 1 heterocycles. The Morgan fingerprint density at radius 2 is 1.62 bits per heavy atom. The Morgan fingerprint density at radius 3 is 2.32 bits per heavy atom. The van der Waals surface area contributed by atoms with Gasteiger partial charge < -0.3 is 14.8 Å². The number of para-hydroxylation sites is 1. The van der Waals surface area contributed by atoms with Gasteiger partial charge in [-0.3, -0.25) is 9.59 Å². The highest BCUT2D eigenvalue weighted by molar-refractivity contribution is 6.30. The fraction of sp³-hybridized carbons (Fsp3) is 0.290. The lowest BCUT2D eigenvalue weighted by Crippen LogP contribution is -2.44. The molecule has 37 heavy (non-hydrogen) atoms. The van der Waals surface area contributed by atoms with Crippen molar-refractivity contribution >= 4 is 34.3 Å². The minimum absolute atomic E-state index is 0.0272. The Labute approximate surface area is 224 Å². The van der Waals surface area contributed by atoms with Gasteiger partial charge in [-0.2, -0.15) is 0 Å². The number of aryl methyl sites for hydroxylation is 1. The lowest BCUT2D eigenvalue weighted by atomic mass is 10.1. The van der Waals surface area contributed by atoms with E-state index in [-0.39, 0.29) is 24.3 Å². The third-order valence-electron chi connectivity index (χ3n) is 6.46. The molecule has 4 rings (SSSR count). The molecular weight excluding hydrogens is 482 g/mol. The molecule has 1 aromatic heterocycles. The van der Waals surface area contributed by atoms with Gasteiger partial charge in [0.25, 0.3) is 5.91 Å². The highest BCUT2D eigenvalue weighted by atomic mass is 35.5. The van der Waals surface area contributed by atoms with Gasteiger partial charge >= 0.3 is 0 Å². The van der Waals surface area contributed by atoms with Gasteiger partial charge in [-0.25, -0.2) is 0 Å². The lowest BCUT2D eigenvalue weighted by Gasteiger charge is -2.29. The van der Waals surface area contributed by atoms with Crippen molar-refractivity contribution in [3.8, 4) is 0 Å². The third-order valence-corrected chi connectivity index (χ3v) is 6.71. The van der Waals surface area contributed by atoms with Crippen LogP contribution in [0.5, 0.6) is 0 Å². The molecule has 3 aromatic carbocycles. The lowest BCUT2D eigenvalue weighted by molar-refractivity contribution is -0.132. The van der Waals surface area contributed by atoms with E-state index in [1.54, 1.807) is 29.2 Å². The number of fused-ring (bicyclic) bond motifs is 1. The van der Waals surface area contributed by atoms with Crippen LogP contribution in [0.1, 0.15) is 40.9 Å². The van der Waals surface area contributed by atoms with E-state index in [4.69, 9.17) is 11.6 Å². The number of halogens is 1. The summed E-state index contributed by atoms with van der Waals surface area (Å²) in [5.41, 5.74) is 5.04. The Morgan fingerprint density at radius 1 is 0.919 bits per heavy atom. The van der Waals surface area contributed by atoms with Crippen LogP contribution < -0.4 is 0 Å². The first-order valence-corrected chi connectivity index (χ1v) is 13.1. The number of hydrogen-bond donors (Lipinski definition) is 1. The average molecular weight is 516 g/mol. The van der Waals surface area contributed by atoms with Gasteiger partial charge in [0.15, 0.2) is 0 Å². The first kappa shape index (κ1) is 26.5. The fourth-order valence-corrected chi connectivity index (χ4v) is 4.62. The van der Waals surface area contributed by atoms with Gasteiger partial charge in [0.05, 0.1) is 0 Å². The van der Waals surface area contributed by atoms with Gasteiger partial charge in [0.1, 0.15) is 6.54 Å². The van der Waals surface area contributed by atoms with Crippen molar-refractivity contribution in [2.45, 2.75) is 33.7 Å². The summed E-state index contributed by atoms with van der Waals surface area (Å²) in [6.45, 7) is 7.72. The standard InChI is InChI=1S/C31H34ClN3O2/c1-22(2)19-35(31(37)25-12-14-27(32)15-13-25)21-30(36)34(20-24-10-8-23(3)9-11-24)17-16-26-18-33-29-7-5-4-6-28(26)29/h4-15,18,22,33H,16-17,19-21H2,1-3H3. The SMILES string of the molecule is Cc1ccc(CN(CCc2c[nH]c3ccccc23)C(=O)CN(CC(C)C)C(=O)c2ccc(Cl)cc2)cc1. The summed E-state index contributed by atoms with van der Waals surface area (Å²) < 4.78 is 0. The van der Waals surface area contributed by atoms with E-state index in [9.17, 15) is 9.59 Å². The first-order chi connectivity index (χ1) is 17.8. The van der Waals surface area contributed by atoms with Gasteiger partial charge in [0.2, 0.25) is 5.91 Å². The van der Waals surface area contributed by atoms with E-state index in [0.29, 0.717) is 30.2 Å². The normalized spacial score (nSPS) is 11.2. The Hall–Kier alpha value is -3.57. The second-order valence-corrected chi connectivity index (χ2v) is 10.4. The molecule has 5 nitrogen and oxygen atoms in total. The number of amides is 2. The van der Waals surface area contributed by atoms with E-state index < -0.39 is 0 Å². The van der Waals surface area contributed by atoms with E-state index >= 15 is 0 Å².